The zero-order valence-electron chi connectivity index (χ0n) is 12.2. The molecule has 17 heavy (non-hydrogen) atoms. The second-order valence-electron chi connectivity index (χ2n) is 5.72. The Morgan fingerprint density at radius 2 is 1.76 bits per heavy atom. The van der Waals surface area contributed by atoms with Gasteiger partial charge in [0.05, 0.1) is 0 Å². The summed E-state index contributed by atoms with van der Waals surface area (Å²) in [5.74, 6) is 1.94. The second kappa shape index (κ2) is 6.55. The maximum Gasteiger partial charge on any atom is 0.159 e. The largest absolute Gasteiger partial charge is 0.356 e. The van der Waals surface area contributed by atoms with Gasteiger partial charge in [0.1, 0.15) is 0 Å². The third-order valence-electron chi connectivity index (χ3n) is 4.10. The van der Waals surface area contributed by atoms with Crippen molar-refractivity contribution in [2.24, 2.45) is 17.8 Å². The average molecular weight is 240 g/mol. The second-order valence-corrected chi connectivity index (χ2v) is 5.72. The summed E-state index contributed by atoms with van der Waals surface area (Å²) < 4.78 is 10.7. The van der Waals surface area contributed by atoms with E-state index >= 15 is 0 Å². The van der Waals surface area contributed by atoms with E-state index in [0.717, 1.165) is 18.3 Å². The van der Waals surface area contributed by atoms with Crippen LogP contribution in [0.15, 0.2) is 11.1 Å². The number of methoxy groups -OCH3 is 2. The van der Waals surface area contributed by atoms with Gasteiger partial charge in [0.15, 0.2) is 6.29 Å². The van der Waals surface area contributed by atoms with Crippen LogP contribution in [0.3, 0.4) is 0 Å². The van der Waals surface area contributed by atoms with Crippen molar-refractivity contribution in [1.29, 1.82) is 0 Å². The Kier molecular flexibility index (Phi) is 5.68. The molecule has 2 nitrogen and oxygen atoms in total. The van der Waals surface area contributed by atoms with E-state index in [0.29, 0.717) is 5.92 Å². The number of hydrogen-bond donors (Lipinski definition) is 0. The lowest BCUT2D eigenvalue weighted by atomic mass is 9.84. The summed E-state index contributed by atoms with van der Waals surface area (Å²) in [6.45, 7) is 9.17. The molecule has 0 saturated heterocycles. The van der Waals surface area contributed by atoms with E-state index in [-0.39, 0.29) is 6.29 Å². The van der Waals surface area contributed by atoms with Crippen LogP contribution in [0.25, 0.3) is 0 Å². The van der Waals surface area contributed by atoms with Gasteiger partial charge in [-0.15, -0.1) is 0 Å². The van der Waals surface area contributed by atoms with Gasteiger partial charge in [-0.1, -0.05) is 31.9 Å². The first kappa shape index (κ1) is 14.7. The highest BCUT2D eigenvalue weighted by Gasteiger charge is 2.28. The highest BCUT2D eigenvalue weighted by molar-refractivity contribution is 5.22. The molecule has 1 aliphatic rings. The van der Waals surface area contributed by atoms with Gasteiger partial charge in [-0.25, -0.2) is 0 Å². The minimum atomic E-state index is -0.0799. The fourth-order valence-corrected chi connectivity index (χ4v) is 3.09. The van der Waals surface area contributed by atoms with Crippen LogP contribution in [0.4, 0.5) is 0 Å². The Morgan fingerprint density at radius 1 is 1.18 bits per heavy atom. The Balaban J connectivity index is 2.68. The van der Waals surface area contributed by atoms with Gasteiger partial charge in [-0.3, -0.25) is 0 Å². The lowest BCUT2D eigenvalue weighted by Gasteiger charge is -2.26. The summed E-state index contributed by atoms with van der Waals surface area (Å²) in [4.78, 5) is 0. The van der Waals surface area contributed by atoms with Gasteiger partial charge in [0.25, 0.3) is 0 Å². The predicted molar refractivity (Wildman–Crippen MR) is 71.8 cm³/mol. The summed E-state index contributed by atoms with van der Waals surface area (Å²) in [7, 11) is 3.45. The van der Waals surface area contributed by atoms with E-state index in [1.165, 1.54) is 12.8 Å². The van der Waals surface area contributed by atoms with Gasteiger partial charge >= 0.3 is 0 Å². The first-order valence-electron chi connectivity index (χ1n) is 6.75. The van der Waals surface area contributed by atoms with Crippen molar-refractivity contribution in [2.75, 3.05) is 14.2 Å². The molecule has 0 bridgehead atoms. The van der Waals surface area contributed by atoms with Gasteiger partial charge < -0.3 is 9.47 Å². The van der Waals surface area contributed by atoms with Crippen LogP contribution in [-0.2, 0) is 9.47 Å². The molecule has 0 aromatic rings. The Labute approximate surface area is 106 Å². The summed E-state index contributed by atoms with van der Waals surface area (Å²) in [6, 6.07) is 0. The fraction of sp³-hybridized carbons (Fsp3) is 0.867. The Morgan fingerprint density at radius 3 is 2.24 bits per heavy atom. The zero-order valence-corrected chi connectivity index (χ0v) is 12.2. The fourth-order valence-electron chi connectivity index (χ4n) is 3.09. The lowest BCUT2D eigenvalue weighted by Crippen LogP contribution is -2.24. The number of rotatable bonds is 6. The first-order chi connectivity index (χ1) is 8.01. The zero-order chi connectivity index (χ0) is 13.0. The lowest BCUT2D eigenvalue weighted by molar-refractivity contribution is -0.133. The molecular formula is C15H28O2. The van der Waals surface area contributed by atoms with Gasteiger partial charge in [0.2, 0.25) is 0 Å². The van der Waals surface area contributed by atoms with E-state index in [4.69, 9.17) is 9.47 Å². The highest BCUT2D eigenvalue weighted by atomic mass is 16.7. The maximum absolute atomic E-state index is 5.36. The summed E-state index contributed by atoms with van der Waals surface area (Å²) in [5, 5.41) is 0. The first-order valence-corrected chi connectivity index (χ1v) is 6.75. The molecule has 0 fully saturated rings. The normalized spacial score (nSPS) is 22.9. The number of allylic oxidation sites excluding steroid dienone is 2. The molecule has 0 radical (unpaired) electrons. The molecule has 2 heteroatoms. The van der Waals surface area contributed by atoms with Crippen LogP contribution in [0, 0.1) is 17.8 Å². The summed E-state index contributed by atoms with van der Waals surface area (Å²) in [5.41, 5.74) is 3.26. The number of hydrogen-bond acceptors (Lipinski definition) is 2. The van der Waals surface area contributed by atoms with Gasteiger partial charge in [-0.2, -0.15) is 0 Å². The van der Waals surface area contributed by atoms with Crippen LogP contribution in [-0.4, -0.2) is 20.5 Å². The molecule has 0 aliphatic heterocycles. The van der Waals surface area contributed by atoms with Crippen LogP contribution >= 0.6 is 0 Å². The molecule has 100 valence electrons. The third kappa shape index (κ3) is 3.56. The van der Waals surface area contributed by atoms with Crippen molar-refractivity contribution in [3.8, 4) is 0 Å². The minimum Gasteiger partial charge on any atom is -0.356 e. The molecule has 0 saturated carbocycles. The van der Waals surface area contributed by atoms with Crippen LogP contribution in [0.5, 0.6) is 0 Å². The van der Waals surface area contributed by atoms with Crippen molar-refractivity contribution in [3.63, 3.8) is 0 Å². The molecule has 2 atom stereocenters. The van der Waals surface area contributed by atoms with Crippen molar-refractivity contribution in [3.05, 3.63) is 11.1 Å². The molecule has 0 amide bonds. The molecule has 0 spiro atoms. The van der Waals surface area contributed by atoms with Gasteiger partial charge in [-0.05, 0) is 38.0 Å². The Bertz CT molecular complexity index is 264. The summed E-state index contributed by atoms with van der Waals surface area (Å²) in [6.07, 6.45) is 3.64. The number of ether oxygens (including phenoxy) is 2. The van der Waals surface area contributed by atoms with Crippen molar-refractivity contribution >= 4 is 0 Å². The average Bonchev–Trinajstić information content (AvgIpc) is 2.62. The van der Waals surface area contributed by atoms with Crippen molar-refractivity contribution in [2.45, 2.75) is 53.2 Å². The third-order valence-corrected chi connectivity index (χ3v) is 4.10. The van der Waals surface area contributed by atoms with Crippen LogP contribution < -0.4 is 0 Å². The summed E-state index contributed by atoms with van der Waals surface area (Å²) >= 11 is 0. The molecular weight excluding hydrogens is 212 g/mol. The van der Waals surface area contributed by atoms with Gasteiger partial charge in [0, 0.05) is 20.1 Å². The molecule has 0 N–H and O–H groups in total. The SMILES string of the molecule is COC(OC)C(C)CC1=C(C)CCC1C(C)C. The topological polar surface area (TPSA) is 18.5 Å². The van der Waals surface area contributed by atoms with Crippen LogP contribution in [0.1, 0.15) is 47.0 Å². The quantitative estimate of drug-likeness (QED) is 0.516. The van der Waals surface area contributed by atoms with Crippen molar-refractivity contribution < 1.29 is 9.47 Å². The van der Waals surface area contributed by atoms with E-state index in [1.54, 1.807) is 25.4 Å². The van der Waals surface area contributed by atoms with E-state index in [9.17, 15) is 0 Å². The van der Waals surface area contributed by atoms with E-state index in [1.807, 2.05) is 0 Å². The molecule has 1 rings (SSSR count). The molecule has 0 heterocycles. The Hall–Kier alpha value is -0.340. The van der Waals surface area contributed by atoms with E-state index in [2.05, 4.69) is 27.7 Å². The van der Waals surface area contributed by atoms with E-state index < -0.39 is 0 Å². The molecule has 2 unspecified atom stereocenters. The monoisotopic (exact) mass is 240 g/mol. The highest BCUT2D eigenvalue weighted by Crippen LogP contribution is 2.40. The maximum atomic E-state index is 5.36. The minimum absolute atomic E-state index is 0.0799. The predicted octanol–water partition coefficient (Wildman–Crippen LogP) is 4.01. The standard InChI is InChI=1S/C15H28O2/c1-10(2)13-8-7-11(3)14(13)9-12(4)15(16-5)17-6/h10,12-13,15H,7-9H2,1-6H3. The molecule has 1 aliphatic carbocycles. The molecule has 0 aromatic carbocycles. The van der Waals surface area contributed by atoms with Crippen molar-refractivity contribution in [1.82, 2.24) is 0 Å². The molecule has 0 aromatic heterocycles. The smallest absolute Gasteiger partial charge is 0.159 e. The van der Waals surface area contributed by atoms with Crippen LogP contribution in [0.2, 0.25) is 0 Å².